The minimum absolute atomic E-state index is 0.172. The molecule has 0 amide bonds. The predicted molar refractivity (Wildman–Crippen MR) is 59.9 cm³/mol. The maximum absolute atomic E-state index is 11.6. The van der Waals surface area contributed by atoms with Gasteiger partial charge in [-0.15, -0.1) is 0 Å². The summed E-state index contributed by atoms with van der Waals surface area (Å²) in [6.45, 7) is 3.23. The molecule has 1 rings (SSSR count). The first-order valence-corrected chi connectivity index (χ1v) is 4.75. The second-order valence-electron chi connectivity index (χ2n) is 3.85. The lowest BCUT2D eigenvalue weighted by molar-refractivity contribution is -0.119. The standard InChI is InChI=1S/C13H13NO/c1-13(2,10-14)12(15)9-8-11-6-4-3-5-7-11/h3-9H,1-2H3/b9-8+. The fraction of sp³-hybridized carbons (Fsp3) is 0.231. The van der Waals surface area contributed by atoms with E-state index in [2.05, 4.69) is 0 Å². The lowest BCUT2D eigenvalue weighted by atomic mass is 9.89. The number of hydrogen-bond donors (Lipinski definition) is 0. The van der Waals surface area contributed by atoms with Gasteiger partial charge in [-0.3, -0.25) is 4.79 Å². The molecule has 1 aromatic carbocycles. The molecule has 0 aromatic heterocycles. The molecule has 0 aliphatic carbocycles. The Morgan fingerprint density at radius 2 is 1.93 bits per heavy atom. The van der Waals surface area contributed by atoms with Crippen LogP contribution in [0.4, 0.5) is 0 Å². The zero-order valence-electron chi connectivity index (χ0n) is 8.90. The van der Waals surface area contributed by atoms with Crippen molar-refractivity contribution >= 4 is 11.9 Å². The van der Waals surface area contributed by atoms with Gasteiger partial charge in [-0.05, 0) is 25.5 Å². The van der Waals surface area contributed by atoms with Crippen LogP contribution in [0.2, 0.25) is 0 Å². The van der Waals surface area contributed by atoms with Crippen LogP contribution in [0.1, 0.15) is 19.4 Å². The quantitative estimate of drug-likeness (QED) is 0.702. The maximum atomic E-state index is 11.6. The molecule has 0 aliphatic heterocycles. The third kappa shape index (κ3) is 3.07. The van der Waals surface area contributed by atoms with Gasteiger partial charge in [-0.1, -0.05) is 36.4 Å². The first-order chi connectivity index (χ1) is 7.06. The van der Waals surface area contributed by atoms with Crippen LogP contribution in [-0.2, 0) is 4.79 Å². The summed E-state index contributed by atoms with van der Waals surface area (Å²) in [5, 5.41) is 8.76. The van der Waals surface area contributed by atoms with Gasteiger partial charge in [0.25, 0.3) is 0 Å². The van der Waals surface area contributed by atoms with Crippen LogP contribution < -0.4 is 0 Å². The van der Waals surface area contributed by atoms with Gasteiger partial charge in [0.15, 0.2) is 5.78 Å². The fourth-order valence-electron chi connectivity index (χ4n) is 0.999. The number of rotatable bonds is 3. The summed E-state index contributed by atoms with van der Waals surface area (Å²) in [6.07, 6.45) is 3.18. The van der Waals surface area contributed by atoms with E-state index in [0.717, 1.165) is 5.56 Å². The molecule has 15 heavy (non-hydrogen) atoms. The molecule has 0 unspecified atom stereocenters. The predicted octanol–water partition coefficient (Wildman–Crippen LogP) is 2.82. The highest BCUT2D eigenvalue weighted by Gasteiger charge is 2.24. The van der Waals surface area contributed by atoms with Crippen LogP contribution in [0.15, 0.2) is 36.4 Å². The topological polar surface area (TPSA) is 40.9 Å². The van der Waals surface area contributed by atoms with Crippen LogP contribution in [0.3, 0.4) is 0 Å². The highest BCUT2D eigenvalue weighted by molar-refractivity contribution is 5.99. The number of allylic oxidation sites excluding steroid dienone is 1. The molecule has 0 N–H and O–H groups in total. The van der Waals surface area contributed by atoms with Crippen molar-refractivity contribution in [2.24, 2.45) is 5.41 Å². The Morgan fingerprint density at radius 1 is 1.33 bits per heavy atom. The van der Waals surface area contributed by atoms with Gasteiger partial charge in [0, 0.05) is 0 Å². The summed E-state index contributed by atoms with van der Waals surface area (Å²) in [5.74, 6) is -0.172. The summed E-state index contributed by atoms with van der Waals surface area (Å²) < 4.78 is 0. The van der Waals surface area contributed by atoms with Crippen molar-refractivity contribution in [3.05, 3.63) is 42.0 Å². The van der Waals surface area contributed by atoms with Crippen LogP contribution in [-0.4, -0.2) is 5.78 Å². The summed E-state index contributed by atoms with van der Waals surface area (Å²) in [4.78, 5) is 11.6. The molecule has 0 saturated carbocycles. The normalized spacial score (nSPS) is 11.3. The highest BCUT2D eigenvalue weighted by atomic mass is 16.1. The Morgan fingerprint density at radius 3 is 2.47 bits per heavy atom. The molecule has 1 aromatic rings. The number of ketones is 1. The molecular weight excluding hydrogens is 186 g/mol. The number of carbonyl (C=O) groups excluding carboxylic acids is 1. The Labute approximate surface area is 89.9 Å². The van der Waals surface area contributed by atoms with Crippen LogP contribution in [0, 0.1) is 16.7 Å². The van der Waals surface area contributed by atoms with E-state index in [-0.39, 0.29) is 5.78 Å². The van der Waals surface area contributed by atoms with Gasteiger partial charge in [-0.25, -0.2) is 0 Å². The molecule has 76 valence electrons. The highest BCUT2D eigenvalue weighted by Crippen LogP contribution is 2.16. The molecule has 0 bridgehead atoms. The summed E-state index contributed by atoms with van der Waals surface area (Å²) >= 11 is 0. The van der Waals surface area contributed by atoms with Crippen molar-refractivity contribution in [1.82, 2.24) is 0 Å². The first-order valence-electron chi connectivity index (χ1n) is 4.75. The maximum Gasteiger partial charge on any atom is 0.175 e. The molecule has 0 fully saturated rings. The number of benzene rings is 1. The van der Waals surface area contributed by atoms with Crippen molar-refractivity contribution < 1.29 is 4.79 Å². The molecule has 0 saturated heterocycles. The summed E-state index contributed by atoms with van der Waals surface area (Å²) in [6, 6.07) is 11.5. The molecule has 0 aliphatic rings. The second-order valence-corrected chi connectivity index (χ2v) is 3.85. The molecule has 0 atom stereocenters. The third-order valence-corrected chi connectivity index (χ3v) is 2.12. The van der Waals surface area contributed by atoms with E-state index in [1.165, 1.54) is 6.08 Å². The van der Waals surface area contributed by atoms with Gasteiger partial charge < -0.3 is 0 Å². The number of nitrogens with zero attached hydrogens (tertiary/aromatic N) is 1. The largest absolute Gasteiger partial charge is 0.293 e. The van der Waals surface area contributed by atoms with Crippen molar-refractivity contribution in [2.45, 2.75) is 13.8 Å². The van der Waals surface area contributed by atoms with E-state index in [0.29, 0.717) is 0 Å². The number of nitriles is 1. The lowest BCUT2D eigenvalue weighted by Crippen LogP contribution is -2.19. The van der Waals surface area contributed by atoms with E-state index < -0.39 is 5.41 Å². The van der Waals surface area contributed by atoms with E-state index in [4.69, 9.17) is 5.26 Å². The van der Waals surface area contributed by atoms with Crippen LogP contribution in [0.25, 0.3) is 6.08 Å². The van der Waals surface area contributed by atoms with Crippen molar-refractivity contribution in [2.75, 3.05) is 0 Å². The van der Waals surface area contributed by atoms with Crippen LogP contribution >= 0.6 is 0 Å². The molecular formula is C13H13NO. The van der Waals surface area contributed by atoms with Gasteiger partial charge in [0.05, 0.1) is 6.07 Å². The average Bonchev–Trinajstić information content (AvgIpc) is 2.27. The zero-order chi connectivity index (χ0) is 11.3. The first kappa shape index (κ1) is 11.2. The average molecular weight is 199 g/mol. The Hall–Kier alpha value is -1.88. The number of carbonyl (C=O) groups is 1. The molecule has 0 heterocycles. The smallest absolute Gasteiger partial charge is 0.175 e. The van der Waals surface area contributed by atoms with Crippen LogP contribution in [0.5, 0.6) is 0 Å². The van der Waals surface area contributed by atoms with Gasteiger partial charge >= 0.3 is 0 Å². The van der Waals surface area contributed by atoms with Crippen molar-refractivity contribution in [1.29, 1.82) is 5.26 Å². The SMILES string of the molecule is CC(C)(C#N)C(=O)/C=C/c1ccccc1. The van der Waals surface area contributed by atoms with E-state index in [1.807, 2.05) is 36.4 Å². The Bertz CT molecular complexity index is 410. The van der Waals surface area contributed by atoms with E-state index >= 15 is 0 Å². The van der Waals surface area contributed by atoms with Gasteiger partial charge in [0.1, 0.15) is 5.41 Å². The zero-order valence-corrected chi connectivity index (χ0v) is 8.90. The minimum Gasteiger partial charge on any atom is -0.293 e. The second kappa shape index (κ2) is 4.56. The van der Waals surface area contributed by atoms with E-state index in [1.54, 1.807) is 19.9 Å². The third-order valence-electron chi connectivity index (χ3n) is 2.12. The Kier molecular flexibility index (Phi) is 3.41. The van der Waals surface area contributed by atoms with Gasteiger partial charge in [-0.2, -0.15) is 5.26 Å². The Balaban J connectivity index is 2.77. The molecule has 2 nitrogen and oxygen atoms in total. The van der Waals surface area contributed by atoms with Crippen molar-refractivity contribution in [3.8, 4) is 6.07 Å². The molecule has 2 heteroatoms. The molecule has 0 radical (unpaired) electrons. The van der Waals surface area contributed by atoms with Crippen molar-refractivity contribution in [3.63, 3.8) is 0 Å². The fourth-order valence-corrected chi connectivity index (χ4v) is 0.999. The lowest BCUT2D eigenvalue weighted by Gasteiger charge is -2.09. The molecule has 0 spiro atoms. The monoisotopic (exact) mass is 199 g/mol. The minimum atomic E-state index is -0.939. The number of hydrogen-bond acceptors (Lipinski definition) is 2. The summed E-state index contributed by atoms with van der Waals surface area (Å²) in [7, 11) is 0. The summed E-state index contributed by atoms with van der Waals surface area (Å²) in [5.41, 5.74) is 0.0187. The van der Waals surface area contributed by atoms with E-state index in [9.17, 15) is 4.79 Å². The van der Waals surface area contributed by atoms with Gasteiger partial charge in [0.2, 0.25) is 0 Å².